The zero-order chi connectivity index (χ0) is 11.0. The molecule has 0 radical (unpaired) electrons. The zero-order valence-electron chi connectivity index (χ0n) is 9.58. The van der Waals surface area contributed by atoms with E-state index in [0.29, 0.717) is 6.61 Å². The molecule has 0 fully saturated rings. The van der Waals surface area contributed by atoms with Gasteiger partial charge in [-0.05, 0) is 20.8 Å². The SMILES string of the molecule is C=CC(=O)OCC[P+](CC)(CC)CC. The van der Waals surface area contributed by atoms with Crippen molar-refractivity contribution in [2.75, 3.05) is 31.3 Å². The fourth-order valence-corrected chi connectivity index (χ4v) is 4.31. The van der Waals surface area contributed by atoms with Gasteiger partial charge in [-0.15, -0.1) is 0 Å². The molecule has 0 atom stereocenters. The van der Waals surface area contributed by atoms with Crippen LogP contribution >= 0.6 is 7.26 Å². The van der Waals surface area contributed by atoms with Crippen molar-refractivity contribution < 1.29 is 9.53 Å². The van der Waals surface area contributed by atoms with Gasteiger partial charge in [-0.2, -0.15) is 0 Å². The molecular formula is C11H22O2P+. The number of esters is 1. The molecular weight excluding hydrogens is 195 g/mol. The third-order valence-corrected chi connectivity index (χ3v) is 8.15. The molecule has 2 nitrogen and oxygen atoms in total. The Balaban J connectivity index is 3.94. The number of carbonyl (C=O) groups is 1. The molecule has 0 unspecified atom stereocenters. The fraction of sp³-hybridized carbons (Fsp3) is 0.727. The molecule has 0 spiro atoms. The van der Waals surface area contributed by atoms with Crippen LogP contribution in [0.3, 0.4) is 0 Å². The average molecular weight is 217 g/mol. The van der Waals surface area contributed by atoms with E-state index < -0.39 is 7.26 Å². The third kappa shape index (κ3) is 4.23. The van der Waals surface area contributed by atoms with Gasteiger partial charge in [0.2, 0.25) is 0 Å². The van der Waals surface area contributed by atoms with Crippen molar-refractivity contribution in [3.05, 3.63) is 12.7 Å². The monoisotopic (exact) mass is 217 g/mol. The van der Waals surface area contributed by atoms with E-state index in [9.17, 15) is 4.79 Å². The highest BCUT2D eigenvalue weighted by Gasteiger charge is 2.30. The second-order valence-electron chi connectivity index (χ2n) is 3.39. The Morgan fingerprint density at radius 1 is 1.29 bits per heavy atom. The Morgan fingerprint density at radius 2 is 1.79 bits per heavy atom. The maximum absolute atomic E-state index is 10.8. The minimum absolute atomic E-state index is 0.300. The van der Waals surface area contributed by atoms with Gasteiger partial charge in [-0.3, -0.25) is 0 Å². The zero-order valence-corrected chi connectivity index (χ0v) is 10.5. The Labute approximate surface area is 88.1 Å². The molecule has 0 saturated heterocycles. The molecule has 0 saturated carbocycles. The summed E-state index contributed by atoms with van der Waals surface area (Å²) in [7, 11) is -0.817. The molecule has 82 valence electrons. The van der Waals surface area contributed by atoms with Crippen LogP contribution in [0, 0.1) is 0 Å². The second kappa shape index (κ2) is 7.00. The van der Waals surface area contributed by atoms with Gasteiger partial charge in [-0.25, -0.2) is 4.79 Å². The first kappa shape index (κ1) is 13.6. The van der Waals surface area contributed by atoms with Crippen molar-refractivity contribution in [3.8, 4) is 0 Å². The number of hydrogen-bond acceptors (Lipinski definition) is 2. The molecule has 0 amide bonds. The molecule has 0 rings (SSSR count). The summed E-state index contributed by atoms with van der Waals surface area (Å²) in [6.07, 6.45) is 6.06. The van der Waals surface area contributed by atoms with Crippen LogP contribution in [0.5, 0.6) is 0 Å². The van der Waals surface area contributed by atoms with E-state index in [1.54, 1.807) is 0 Å². The Kier molecular flexibility index (Phi) is 6.82. The lowest BCUT2D eigenvalue weighted by Crippen LogP contribution is -2.14. The van der Waals surface area contributed by atoms with Crippen LogP contribution in [-0.2, 0) is 9.53 Å². The van der Waals surface area contributed by atoms with Gasteiger partial charge in [0.15, 0.2) is 0 Å². The maximum atomic E-state index is 10.8. The lowest BCUT2D eigenvalue weighted by molar-refractivity contribution is -0.137. The smallest absolute Gasteiger partial charge is 0.330 e. The number of ether oxygens (including phenoxy) is 1. The molecule has 0 bridgehead atoms. The van der Waals surface area contributed by atoms with Crippen LogP contribution in [0.1, 0.15) is 20.8 Å². The summed E-state index contributed by atoms with van der Waals surface area (Å²) in [6.45, 7) is 10.7. The van der Waals surface area contributed by atoms with E-state index >= 15 is 0 Å². The third-order valence-electron chi connectivity index (χ3n) is 2.99. The average Bonchev–Trinajstić information content (AvgIpc) is 2.25. The predicted octanol–water partition coefficient (Wildman–Crippen LogP) is 2.79. The molecule has 0 aliphatic carbocycles. The topological polar surface area (TPSA) is 26.3 Å². The summed E-state index contributed by atoms with van der Waals surface area (Å²) in [5.41, 5.74) is 0. The summed E-state index contributed by atoms with van der Waals surface area (Å²) in [6, 6.07) is 0. The van der Waals surface area contributed by atoms with Crippen molar-refractivity contribution >= 4 is 13.2 Å². The van der Waals surface area contributed by atoms with Gasteiger partial charge in [0, 0.05) is 13.3 Å². The first-order valence-corrected chi connectivity index (χ1v) is 7.81. The van der Waals surface area contributed by atoms with Crippen LogP contribution in [0.4, 0.5) is 0 Å². The van der Waals surface area contributed by atoms with Gasteiger partial charge in [-0.1, -0.05) is 6.58 Å². The van der Waals surface area contributed by atoms with Gasteiger partial charge in [0.1, 0.15) is 6.61 Å². The lowest BCUT2D eigenvalue weighted by Gasteiger charge is -2.22. The quantitative estimate of drug-likeness (QED) is 0.372. The molecule has 14 heavy (non-hydrogen) atoms. The van der Waals surface area contributed by atoms with E-state index in [4.69, 9.17) is 4.74 Å². The predicted molar refractivity (Wildman–Crippen MR) is 64.6 cm³/mol. The first-order valence-electron chi connectivity index (χ1n) is 5.28. The minimum atomic E-state index is -0.817. The highest BCUT2D eigenvalue weighted by molar-refractivity contribution is 7.75. The van der Waals surface area contributed by atoms with E-state index in [-0.39, 0.29) is 5.97 Å². The largest absolute Gasteiger partial charge is 0.459 e. The minimum Gasteiger partial charge on any atom is -0.459 e. The van der Waals surface area contributed by atoms with E-state index in [1.807, 2.05) is 0 Å². The van der Waals surface area contributed by atoms with Crippen LogP contribution in [0.25, 0.3) is 0 Å². The fourth-order valence-electron chi connectivity index (χ4n) is 1.54. The van der Waals surface area contributed by atoms with Crippen LogP contribution in [0.2, 0.25) is 0 Å². The van der Waals surface area contributed by atoms with E-state index in [1.165, 1.54) is 24.6 Å². The van der Waals surface area contributed by atoms with Crippen molar-refractivity contribution in [1.29, 1.82) is 0 Å². The Hall–Kier alpha value is -0.360. The van der Waals surface area contributed by atoms with E-state index in [2.05, 4.69) is 27.4 Å². The van der Waals surface area contributed by atoms with Crippen molar-refractivity contribution in [1.82, 2.24) is 0 Å². The molecule has 0 aliphatic rings. The summed E-state index contributed by atoms with van der Waals surface area (Å²) >= 11 is 0. The second-order valence-corrected chi connectivity index (χ2v) is 8.41. The van der Waals surface area contributed by atoms with Gasteiger partial charge in [0.25, 0.3) is 0 Å². The molecule has 0 aliphatic heterocycles. The molecule has 0 heterocycles. The normalized spacial score (nSPS) is 11.1. The first-order chi connectivity index (χ1) is 6.64. The number of rotatable bonds is 7. The van der Waals surface area contributed by atoms with Gasteiger partial charge >= 0.3 is 5.97 Å². The summed E-state index contributed by atoms with van der Waals surface area (Å²) in [4.78, 5) is 10.8. The molecule has 0 aromatic rings. The number of carbonyl (C=O) groups excluding carboxylic acids is 1. The number of hydrogen-bond donors (Lipinski definition) is 0. The maximum Gasteiger partial charge on any atom is 0.330 e. The molecule has 0 N–H and O–H groups in total. The molecule has 0 aromatic carbocycles. The molecule has 0 aromatic heterocycles. The van der Waals surface area contributed by atoms with Gasteiger partial charge in [0.05, 0.1) is 24.6 Å². The van der Waals surface area contributed by atoms with Crippen molar-refractivity contribution in [2.45, 2.75) is 20.8 Å². The highest BCUT2D eigenvalue weighted by Crippen LogP contribution is 2.57. The van der Waals surface area contributed by atoms with Crippen molar-refractivity contribution in [2.24, 2.45) is 0 Å². The van der Waals surface area contributed by atoms with Crippen LogP contribution in [0.15, 0.2) is 12.7 Å². The summed E-state index contributed by atoms with van der Waals surface area (Å²) in [5, 5.41) is 0. The van der Waals surface area contributed by atoms with Crippen molar-refractivity contribution in [3.63, 3.8) is 0 Å². The summed E-state index contributed by atoms with van der Waals surface area (Å²) < 4.78 is 5.02. The van der Waals surface area contributed by atoms with E-state index in [0.717, 1.165) is 6.16 Å². The standard InChI is InChI=1S/C11H22O2P/c1-5-11(12)13-9-10-14(6-2,7-3)8-4/h5H,1,6-10H2,2-4H3/q+1. The van der Waals surface area contributed by atoms with Crippen LogP contribution in [-0.4, -0.2) is 37.2 Å². The van der Waals surface area contributed by atoms with Crippen LogP contribution < -0.4 is 0 Å². The highest BCUT2D eigenvalue weighted by atomic mass is 31.2. The van der Waals surface area contributed by atoms with Gasteiger partial charge < -0.3 is 4.74 Å². The summed E-state index contributed by atoms with van der Waals surface area (Å²) in [5.74, 6) is -0.300. The Bertz CT molecular complexity index is 177. The molecule has 3 heteroatoms. The lowest BCUT2D eigenvalue weighted by atomic mass is 10.6. The Morgan fingerprint density at radius 3 is 2.14 bits per heavy atom.